The van der Waals surface area contributed by atoms with Crippen LogP contribution >= 0.6 is 0 Å². The summed E-state index contributed by atoms with van der Waals surface area (Å²) >= 11 is 0. The van der Waals surface area contributed by atoms with Crippen molar-refractivity contribution in [1.82, 2.24) is 8.69 Å². The molecule has 0 amide bonds. The lowest BCUT2D eigenvalue weighted by Gasteiger charge is -2.16. The number of hydrogen-bond acceptors (Lipinski definition) is 4. The number of nitrogens with zero attached hydrogens (tertiary/aromatic N) is 1. The Bertz CT molecular complexity index is 1630. The molecule has 0 saturated carbocycles. The molecule has 190 valence electrons. The second kappa shape index (κ2) is 9.34. The Hall–Kier alpha value is -3.22. The number of halogens is 4. The summed E-state index contributed by atoms with van der Waals surface area (Å²) in [4.78, 5) is -0.478. The van der Waals surface area contributed by atoms with E-state index in [1.807, 2.05) is 0 Å². The zero-order chi connectivity index (χ0) is 26.3. The topological polar surface area (TPSA) is 85.2 Å². The van der Waals surface area contributed by atoms with Gasteiger partial charge in [0, 0.05) is 23.5 Å². The molecule has 3 aromatic carbocycles. The molecule has 1 atom stereocenters. The van der Waals surface area contributed by atoms with E-state index < -0.39 is 42.3 Å². The van der Waals surface area contributed by atoms with E-state index in [4.69, 9.17) is 0 Å². The number of benzene rings is 3. The van der Waals surface area contributed by atoms with Crippen LogP contribution in [0.1, 0.15) is 29.8 Å². The van der Waals surface area contributed by atoms with Gasteiger partial charge in [-0.15, -0.1) is 0 Å². The summed E-state index contributed by atoms with van der Waals surface area (Å²) in [7, 11) is -9.82. The number of sulfonamides is 1. The highest BCUT2D eigenvalue weighted by Crippen LogP contribution is 2.29. The minimum atomic E-state index is -5.52. The van der Waals surface area contributed by atoms with Gasteiger partial charge in [-0.1, -0.05) is 54.6 Å². The van der Waals surface area contributed by atoms with Crippen molar-refractivity contribution in [2.75, 3.05) is 0 Å². The number of alkyl halides is 3. The van der Waals surface area contributed by atoms with Crippen LogP contribution in [-0.2, 0) is 26.5 Å². The van der Waals surface area contributed by atoms with Crippen molar-refractivity contribution in [3.63, 3.8) is 0 Å². The fourth-order valence-corrected chi connectivity index (χ4v) is 6.20. The molecule has 1 heterocycles. The predicted octanol–water partition coefficient (Wildman–Crippen LogP) is 5.11. The first kappa shape index (κ1) is 25.9. The average molecular weight is 541 g/mol. The number of para-hydroxylation sites is 1. The highest BCUT2D eigenvalue weighted by molar-refractivity contribution is 7.90. The van der Waals surface area contributed by atoms with E-state index >= 15 is 0 Å². The van der Waals surface area contributed by atoms with Crippen molar-refractivity contribution >= 4 is 30.9 Å². The SMILES string of the molecule is CC(NS(=O)(=O)C(F)(F)F)c1ccc(Cc2cc3ccccc3n2S(=O)(=O)c2ccccc2F)cc1. The van der Waals surface area contributed by atoms with Gasteiger partial charge in [0.1, 0.15) is 10.7 Å². The normalized spacial score (nSPS) is 13.7. The van der Waals surface area contributed by atoms with Gasteiger partial charge in [0.25, 0.3) is 10.0 Å². The summed E-state index contributed by atoms with van der Waals surface area (Å²) in [6.45, 7) is 1.27. The van der Waals surface area contributed by atoms with Crippen LogP contribution in [0.25, 0.3) is 10.9 Å². The van der Waals surface area contributed by atoms with Crippen LogP contribution in [0.5, 0.6) is 0 Å². The van der Waals surface area contributed by atoms with E-state index in [1.54, 1.807) is 47.2 Å². The molecule has 0 aliphatic rings. The quantitative estimate of drug-likeness (QED) is 0.330. The lowest BCUT2D eigenvalue weighted by molar-refractivity contribution is -0.0450. The third kappa shape index (κ3) is 4.88. The lowest BCUT2D eigenvalue weighted by Crippen LogP contribution is -2.37. The number of nitrogens with one attached hydrogen (secondary N) is 1. The van der Waals surface area contributed by atoms with Crippen molar-refractivity contribution in [2.24, 2.45) is 0 Å². The van der Waals surface area contributed by atoms with E-state index in [-0.39, 0.29) is 12.0 Å². The summed E-state index contributed by atoms with van der Waals surface area (Å²) in [5.74, 6) is -0.888. The van der Waals surface area contributed by atoms with Crippen LogP contribution in [0.3, 0.4) is 0 Å². The number of hydrogen-bond donors (Lipinski definition) is 1. The van der Waals surface area contributed by atoms with Gasteiger partial charge in [-0.05, 0) is 42.3 Å². The number of fused-ring (bicyclic) bond motifs is 1. The molecule has 0 spiro atoms. The van der Waals surface area contributed by atoms with Crippen molar-refractivity contribution in [1.29, 1.82) is 0 Å². The van der Waals surface area contributed by atoms with Gasteiger partial charge >= 0.3 is 15.5 Å². The Morgan fingerprint density at radius 1 is 0.889 bits per heavy atom. The fraction of sp³-hybridized carbons (Fsp3) is 0.167. The summed E-state index contributed by atoms with van der Waals surface area (Å²) in [5, 5.41) is 0.624. The summed E-state index contributed by atoms with van der Waals surface area (Å²) in [6, 6.07) is 18.3. The molecule has 0 saturated heterocycles. The first-order valence-corrected chi connectivity index (χ1v) is 13.5. The average Bonchev–Trinajstić information content (AvgIpc) is 3.17. The second-order valence-corrected chi connectivity index (χ2v) is 11.6. The molecule has 4 aromatic rings. The molecule has 1 aromatic heterocycles. The van der Waals surface area contributed by atoms with Gasteiger partial charge in [0.15, 0.2) is 0 Å². The number of rotatable bonds is 7. The van der Waals surface area contributed by atoms with Crippen LogP contribution in [0.15, 0.2) is 83.8 Å². The van der Waals surface area contributed by atoms with Crippen molar-refractivity contribution < 1.29 is 34.4 Å². The maximum Gasteiger partial charge on any atom is 0.511 e. The molecule has 36 heavy (non-hydrogen) atoms. The smallest absolute Gasteiger partial charge is 0.238 e. The lowest BCUT2D eigenvalue weighted by atomic mass is 10.0. The first-order valence-electron chi connectivity index (χ1n) is 10.6. The molecule has 1 N–H and O–H groups in total. The zero-order valence-corrected chi connectivity index (χ0v) is 20.3. The van der Waals surface area contributed by atoms with Crippen LogP contribution in [0.2, 0.25) is 0 Å². The van der Waals surface area contributed by atoms with Crippen LogP contribution in [0, 0.1) is 5.82 Å². The summed E-state index contributed by atoms with van der Waals surface area (Å²) < 4.78 is 105. The van der Waals surface area contributed by atoms with Gasteiger partial charge in [-0.25, -0.2) is 29.9 Å². The molecule has 0 aliphatic heterocycles. The van der Waals surface area contributed by atoms with Gasteiger partial charge in [-0.3, -0.25) is 0 Å². The van der Waals surface area contributed by atoms with E-state index in [9.17, 15) is 34.4 Å². The molecule has 1 unspecified atom stereocenters. The van der Waals surface area contributed by atoms with Crippen LogP contribution in [-0.4, -0.2) is 26.3 Å². The van der Waals surface area contributed by atoms with Gasteiger partial charge in [0.05, 0.1) is 5.52 Å². The van der Waals surface area contributed by atoms with Crippen LogP contribution in [0.4, 0.5) is 17.6 Å². The molecule has 0 aliphatic carbocycles. The van der Waals surface area contributed by atoms with Crippen molar-refractivity contribution in [3.05, 3.63) is 102 Å². The van der Waals surface area contributed by atoms with E-state index in [2.05, 4.69) is 0 Å². The molecule has 0 bridgehead atoms. The van der Waals surface area contributed by atoms with Crippen molar-refractivity contribution in [2.45, 2.75) is 29.8 Å². The second-order valence-electron chi connectivity index (χ2n) is 8.10. The largest absolute Gasteiger partial charge is 0.511 e. The van der Waals surface area contributed by atoms with Gasteiger partial charge in [0.2, 0.25) is 0 Å². The zero-order valence-electron chi connectivity index (χ0n) is 18.7. The third-order valence-electron chi connectivity index (χ3n) is 5.60. The first-order chi connectivity index (χ1) is 16.8. The summed E-state index contributed by atoms with van der Waals surface area (Å²) in [6.07, 6.45) is 0.102. The monoisotopic (exact) mass is 540 g/mol. The standard InChI is InChI=1S/C24H20F4N2O4S2/c1-16(29-36(33,34)24(26,27)28)18-12-10-17(11-13-18)14-20-15-19-6-2-4-8-22(19)30(20)35(31,32)23-9-5-3-7-21(23)25/h2-13,15-16,29H,14H2,1H3. The van der Waals surface area contributed by atoms with Gasteiger partial charge < -0.3 is 0 Å². The molecule has 0 fully saturated rings. The Morgan fingerprint density at radius 3 is 2.14 bits per heavy atom. The Morgan fingerprint density at radius 2 is 1.50 bits per heavy atom. The minimum absolute atomic E-state index is 0.102. The Labute approximate surface area is 205 Å². The third-order valence-corrected chi connectivity index (χ3v) is 8.67. The molecule has 4 rings (SSSR count). The Balaban J connectivity index is 1.69. The van der Waals surface area contributed by atoms with E-state index in [0.717, 1.165) is 10.0 Å². The molecule has 6 nitrogen and oxygen atoms in total. The minimum Gasteiger partial charge on any atom is -0.238 e. The predicted molar refractivity (Wildman–Crippen MR) is 127 cm³/mol. The Kier molecular flexibility index (Phi) is 6.71. The highest BCUT2D eigenvalue weighted by Gasteiger charge is 2.46. The molecule has 0 radical (unpaired) electrons. The maximum atomic E-state index is 14.4. The summed E-state index contributed by atoms with van der Waals surface area (Å²) in [5.41, 5.74) is -3.83. The highest BCUT2D eigenvalue weighted by atomic mass is 32.2. The maximum absolute atomic E-state index is 14.4. The number of aromatic nitrogens is 1. The van der Waals surface area contributed by atoms with E-state index in [0.29, 0.717) is 22.2 Å². The molecular formula is C24H20F4N2O4S2. The fourth-order valence-electron chi connectivity index (χ4n) is 3.85. The molecular weight excluding hydrogens is 520 g/mol. The van der Waals surface area contributed by atoms with Crippen molar-refractivity contribution in [3.8, 4) is 0 Å². The van der Waals surface area contributed by atoms with Gasteiger partial charge in [-0.2, -0.15) is 13.2 Å². The van der Waals surface area contributed by atoms with E-state index in [1.165, 1.54) is 37.3 Å². The molecule has 12 heteroatoms. The van der Waals surface area contributed by atoms with Crippen LogP contribution < -0.4 is 4.72 Å².